The maximum atomic E-state index is 6.41. The predicted molar refractivity (Wildman–Crippen MR) is 207 cm³/mol. The van der Waals surface area contributed by atoms with Crippen LogP contribution in [0.4, 0.5) is 0 Å². The van der Waals surface area contributed by atoms with Crippen LogP contribution >= 0.6 is 11.3 Å². The normalized spacial score (nSPS) is 12.4. The van der Waals surface area contributed by atoms with Crippen molar-refractivity contribution in [1.82, 2.24) is 18.9 Å². The number of furan rings is 1. The molecule has 0 unspecified atom stereocenters. The lowest BCUT2D eigenvalue weighted by atomic mass is 9.99. The van der Waals surface area contributed by atoms with E-state index in [2.05, 4.69) is 117 Å². The summed E-state index contributed by atoms with van der Waals surface area (Å²) >= 11 is 1.82. The molecule has 0 N–H and O–H groups in total. The summed E-state index contributed by atoms with van der Waals surface area (Å²) in [4.78, 5) is 10.5. The highest BCUT2D eigenvalue weighted by Crippen LogP contribution is 2.44. The summed E-state index contributed by atoms with van der Waals surface area (Å²) in [7, 11) is 0. The van der Waals surface area contributed by atoms with E-state index >= 15 is 0 Å². The second-order valence-electron chi connectivity index (χ2n) is 13.0. The van der Waals surface area contributed by atoms with E-state index in [9.17, 15) is 0 Å². The van der Waals surface area contributed by atoms with E-state index in [-0.39, 0.29) is 0 Å². The second kappa shape index (κ2) is 9.56. The third-order valence-corrected chi connectivity index (χ3v) is 11.3. The Labute approximate surface area is 288 Å². The molecule has 232 valence electrons. The number of hydrogen-bond donors (Lipinski definition) is 0. The average molecular weight is 657 g/mol. The van der Waals surface area contributed by atoms with Crippen LogP contribution in [0.3, 0.4) is 0 Å². The quantitative estimate of drug-likeness (QED) is 0.190. The zero-order chi connectivity index (χ0) is 32.5. The summed E-state index contributed by atoms with van der Waals surface area (Å²) in [6, 6.07) is 49.5. The molecule has 0 aliphatic carbocycles. The third-order valence-electron chi connectivity index (χ3n) is 10.4. The summed E-state index contributed by atoms with van der Waals surface area (Å²) in [5.74, 6) is 0.620. The summed E-state index contributed by atoms with van der Waals surface area (Å²) in [5, 5.41) is 9.39. The van der Waals surface area contributed by atoms with Crippen LogP contribution in [0.1, 0.15) is 0 Å². The van der Waals surface area contributed by atoms with Crippen LogP contribution < -0.4 is 0 Å². The molecule has 5 nitrogen and oxygen atoms in total. The van der Waals surface area contributed by atoms with Gasteiger partial charge < -0.3 is 8.82 Å². The number of hydrogen-bond acceptors (Lipinski definition) is 4. The van der Waals surface area contributed by atoms with E-state index in [1.807, 2.05) is 47.7 Å². The smallest absolute Gasteiger partial charge is 0.236 e. The van der Waals surface area contributed by atoms with Crippen LogP contribution in [0.2, 0.25) is 0 Å². The first-order valence-electron chi connectivity index (χ1n) is 16.7. The van der Waals surface area contributed by atoms with Gasteiger partial charge >= 0.3 is 0 Å². The van der Waals surface area contributed by atoms with Gasteiger partial charge in [0.2, 0.25) is 5.95 Å². The van der Waals surface area contributed by atoms with Crippen LogP contribution in [-0.2, 0) is 0 Å². The molecule has 0 aliphatic heterocycles. The van der Waals surface area contributed by atoms with Crippen molar-refractivity contribution >= 4 is 92.6 Å². The van der Waals surface area contributed by atoms with Crippen molar-refractivity contribution < 1.29 is 4.42 Å². The average Bonchev–Trinajstić information content (AvgIpc) is 3.99. The highest BCUT2D eigenvalue weighted by molar-refractivity contribution is 7.18. The Balaban J connectivity index is 1.13. The van der Waals surface area contributed by atoms with E-state index in [0.717, 1.165) is 49.5 Å². The molecule has 0 aliphatic rings. The van der Waals surface area contributed by atoms with E-state index in [1.165, 1.54) is 48.5 Å². The first-order valence-corrected chi connectivity index (χ1v) is 17.6. The highest BCUT2D eigenvalue weighted by Gasteiger charge is 2.23. The van der Waals surface area contributed by atoms with Crippen LogP contribution in [0.15, 0.2) is 149 Å². The Bertz CT molecular complexity index is 3330. The third kappa shape index (κ3) is 3.40. The van der Waals surface area contributed by atoms with Crippen molar-refractivity contribution in [3.63, 3.8) is 0 Å². The van der Waals surface area contributed by atoms with Crippen LogP contribution in [0.25, 0.3) is 110 Å². The van der Waals surface area contributed by atoms with Crippen molar-refractivity contribution in [3.8, 4) is 28.3 Å². The molecule has 6 aromatic carbocycles. The fourth-order valence-corrected chi connectivity index (χ4v) is 9.10. The van der Waals surface area contributed by atoms with Gasteiger partial charge in [-0.2, -0.15) is 0 Å². The second-order valence-corrected chi connectivity index (χ2v) is 13.9. The SMILES string of the molecule is c1ccc(-c2nc(-n3c4ccccc4c4cc(-c5cc6c7ccccc7n7c8ccsc8c(c5)c67)ccc43)nc3c2oc2ccccc23)cc1. The fraction of sp³-hybridized carbons (Fsp3) is 0. The molecule has 0 amide bonds. The van der Waals surface area contributed by atoms with E-state index in [1.54, 1.807) is 0 Å². The Morgan fingerprint density at radius 2 is 1.20 bits per heavy atom. The molecule has 6 aromatic heterocycles. The lowest BCUT2D eigenvalue weighted by molar-refractivity contribution is 0.666. The van der Waals surface area contributed by atoms with E-state index in [4.69, 9.17) is 14.4 Å². The van der Waals surface area contributed by atoms with E-state index in [0.29, 0.717) is 11.5 Å². The largest absolute Gasteiger partial charge is 0.452 e. The summed E-state index contributed by atoms with van der Waals surface area (Å²) < 4.78 is 12.4. The van der Waals surface area contributed by atoms with Crippen molar-refractivity contribution in [2.24, 2.45) is 0 Å². The molecular weight excluding hydrogens is 633 g/mol. The molecule has 12 aromatic rings. The van der Waals surface area contributed by atoms with Gasteiger partial charge in [-0.1, -0.05) is 84.9 Å². The highest BCUT2D eigenvalue weighted by atomic mass is 32.1. The number of fused-ring (bicyclic) bond motifs is 12. The van der Waals surface area contributed by atoms with Gasteiger partial charge in [-0.05, 0) is 71.1 Å². The molecule has 0 atom stereocenters. The van der Waals surface area contributed by atoms with Crippen molar-refractivity contribution in [2.45, 2.75) is 0 Å². The Morgan fingerprint density at radius 3 is 2.08 bits per heavy atom. The van der Waals surface area contributed by atoms with Gasteiger partial charge in [0, 0.05) is 37.9 Å². The number of rotatable bonds is 3. The topological polar surface area (TPSA) is 48.3 Å². The Hall–Kier alpha value is -6.50. The zero-order valence-corrected chi connectivity index (χ0v) is 27.3. The standard InChI is InChI=1S/C44H24N4OS/c1-2-10-25(11-3-1)39-42-40(30-14-6-9-17-38(30)49-42)46-44(45-39)48-35-16-8-4-12-28(35)31-22-26(18-19-36(31)48)27-23-32-29-13-5-7-15-34(29)47-37-20-21-50-43(37)33(24-27)41(32)47/h1-24H. The molecule has 6 heteroatoms. The minimum absolute atomic E-state index is 0.620. The summed E-state index contributed by atoms with van der Waals surface area (Å²) in [5.41, 5.74) is 12.4. The predicted octanol–water partition coefficient (Wildman–Crippen LogP) is 12.0. The van der Waals surface area contributed by atoms with Gasteiger partial charge in [0.25, 0.3) is 0 Å². The van der Waals surface area contributed by atoms with Crippen LogP contribution in [-0.4, -0.2) is 18.9 Å². The Kier molecular flexibility index (Phi) is 5.06. The molecule has 0 saturated carbocycles. The van der Waals surface area contributed by atoms with E-state index < -0.39 is 0 Å². The molecule has 6 heterocycles. The fourth-order valence-electron chi connectivity index (χ4n) is 8.21. The molecule has 0 radical (unpaired) electrons. The number of thiophene rings is 1. The van der Waals surface area contributed by atoms with Gasteiger partial charge in [-0.15, -0.1) is 11.3 Å². The van der Waals surface area contributed by atoms with Gasteiger partial charge in [-0.25, -0.2) is 9.97 Å². The zero-order valence-electron chi connectivity index (χ0n) is 26.5. The molecule has 12 rings (SSSR count). The first-order chi connectivity index (χ1) is 24.8. The monoisotopic (exact) mass is 656 g/mol. The number of nitrogens with zero attached hydrogens (tertiary/aromatic N) is 4. The van der Waals surface area contributed by atoms with Gasteiger partial charge in [0.05, 0.1) is 32.3 Å². The summed E-state index contributed by atoms with van der Waals surface area (Å²) in [6.07, 6.45) is 0. The molecule has 0 spiro atoms. The van der Waals surface area contributed by atoms with Crippen molar-refractivity contribution in [2.75, 3.05) is 0 Å². The van der Waals surface area contributed by atoms with Crippen LogP contribution in [0, 0.1) is 0 Å². The maximum Gasteiger partial charge on any atom is 0.236 e. The van der Waals surface area contributed by atoms with Gasteiger partial charge in [-0.3, -0.25) is 4.57 Å². The summed E-state index contributed by atoms with van der Waals surface area (Å²) in [6.45, 7) is 0. The lowest BCUT2D eigenvalue weighted by Crippen LogP contribution is -2.02. The number of para-hydroxylation sites is 3. The van der Waals surface area contributed by atoms with Crippen molar-refractivity contribution in [1.29, 1.82) is 0 Å². The minimum Gasteiger partial charge on any atom is -0.452 e. The van der Waals surface area contributed by atoms with Crippen molar-refractivity contribution in [3.05, 3.63) is 145 Å². The minimum atomic E-state index is 0.620. The van der Waals surface area contributed by atoms with Crippen LogP contribution in [0.5, 0.6) is 0 Å². The molecule has 50 heavy (non-hydrogen) atoms. The lowest BCUT2D eigenvalue weighted by Gasteiger charge is -2.10. The first kappa shape index (κ1) is 26.5. The maximum absolute atomic E-state index is 6.41. The number of aromatic nitrogens is 4. The number of benzene rings is 6. The molecule has 0 bridgehead atoms. The molecule has 0 saturated heterocycles. The molecule has 0 fully saturated rings. The van der Waals surface area contributed by atoms with Gasteiger partial charge in [0.1, 0.15) is 16.8 Å². The Morgan fingerprint density at radius 1 is 0.500 bits per heavy atom. The molecular formula is C44H24N4OS. The van der Waals surface area contributed by atoms with Gasteiger partial charge in [0.15, 0.2) is 5.58 Å².